The molecule has 0 spiro atoms. The van der Waals surface area contributed by atoms with Crippen molar-refractivity contribution in [3.63, 3.8) is 0 Å². The highest BCUT2D eigenvalue weighted by atomic mass is 16.6. The summed E-state index contributed by atoms with van der Waals surface area (Å²) in [5, 5.41) is 26.8. The SMILES string of the molecule is CCNc1cc2nc(NCc3ccc(OCCO)cc3)ncc2cc1[N+](=O)[O-]. The molecule has 2 aromatic carbocycles. The Balaban J connectivity index is 1.74. The predicted octanol–water partition coefficient (Wildman–Crippen LogP) is 2.95. The van der Waals surface area contributed by atoms with Gasteiger partial charge in [0, 0.05) is 30.7 Å². The molecule has 3 N–H and O–H groups in total. The topological polar surface area (TPSA) is 122 Å². The summed E-state index contributed by atoms with van der Waals surface area (Å²) in [6.45, 7) is 3.19. The van der Waals surface area contributed by atoms with Crippen LogP contribution in [0.1, 0.15) is 12.5 Å². The number of nitrogens with zero attached hydrogens (tertiary/aromatic N) is 3. The van der Waals surface area contributed by atoms with Gasteiger partial charge in [0.15, 0.2) is 0 Å². The number of nitro benzene ring substituents is 1. The molecule has 0 radical (unpaired) electrons. The van der Waals surface area contributed by atoms with Crippen molar-refractivity contribution in [3.8, 4) is 5.75 Å². The molecule has 3 rings (SSSR count). The van der Waals surface area contributed by atoms with Crippen LogP contribution in [0, 0.1) is 10.1 Å². The molecular formula is C19H21N5O4. The molecule has 28 heavy (non-hydrogen) atoms. The lowest BCUT2D eigenvalue weighted by atomic mass is 10.2. The zero-order valence-corrected chi connectivity index (χ0v) is 15.4. The second-order valence-corrected chi connectivity index (χ2v) is 5.98. The van der Waals surface area contributed by atoms with Gasteiger partial charge in [0.1, 0.15) is 18.0 Å². The van der Waals surface area contributed by atoms with E-state index in [2.05, 4.69) is 20.6 Å². The van der Waals surface area contributed by atoms with Crippen LogP contribution in [0.3, 0.4) is 0 Å². The molecular weight excluding hydrogens is 362 g/mol. The fourth-order valence-electron chi connectivity index (χ4n) is 2.68. The highest BCUT2D eigenvalue weighted by Gasteiger charge is 2.15. The number of hydrogen-bond acceptors (Lipinski definition) is 8. The van der Waals surface area contributed by atoms with E-state index >= 15 is 0 Å². The number of anilines is 2. The van der Waals surface area contributed by atoms with Gasteiger partial charge in [0.05, 0.1) is 17.0 Å². The summed E-state index contributed by atoms with van der Waals surface area (Å²) >= 11 is 0. The van der Waals surface area contributed by atoms with Gasteiger partial charge in [-0.15, -0.1) is 0 Å². The molecule has 0 atom stereocenters. The summed E-state index contributed by atoms with van der Waals surface area (Å²) in [5.74, 6) is 1.13. The molecule has 146 valence electrons. The first-order valence-electron chi connectivity index (χ1n) is 8.86. The molecule has 0 saturated heterocycles. The van der Waals surface area contributed by atoms with Gasteiger partial charge < -0.3 is 20.5 Å². The largest absolute Gasteiger partial charge is 0.491 e. The molecule has 0 amide bonds. The number of rotatable bonds is 9. The minimum Gasteiger partial charge on any atom is -0.491 e. The molecule has 0 saturated carbocycles. The van der Waals surface area contributed by atoms with Crippen molar-refractivity contribution < 1.29 is 14.8 Å². The lowest BCUT2D eigenvalue weighted by Gasteiger charge is -2.09. The number of hydrogen-bond donors (Lipinski definition) is 3. The van der Waals surface area contributed by atoms with Crippen molar-refractivity contribution in [2.75, 3.05) is 30.4 Å². The summed E-state index contributed by atoms with van der Waals surface area (Å²) < 4.78 is 5.33. The quantitative estimate of drug-likeness (QED) is 0.381. The minimum atomic E-state index is -0.419. The maximum Gasteiger partial charge on any atom is 0.293 e. The fourth-order valence-corrected chi connectivity index (χ4v) is 2.68. The van der Waals surface area contributed by atoms with Gasteiger partial charge in [0.25, 0.3) is 5.69 Å². The summed E-state index contributed by atoms with van der Waals surface area (Å²) in [6, 6.07) is 10.6. The number of aromatic nitrogens is 2. The molecule has 0 aliphatic rings. The van der Waals surface area contributed by atoms with Crippen molar-refractivity contribution in [2.24, 2.45) is 0 Å². The molecule has 1 aromatic heterocycles. The monoisotopic (exact) mass is 383 g/mol. The molecule has 9 heteroatoms. The van der Waals surface area contributed by atoms with Gasteiger partial charge in [-0.1, -0.05) is 12.1 Å². The van der Waals surface area contributed by atoms with Gasteiger partial charge in [-0.25, -0.2) is 9.97 Å². The Kier molecular flexibility index (Phi) is 6.18. The molecule has 9 nitrogen and oxygen atoms in total. The van der Waals surface area contributed by atoms with E-state index in [1.807, 2.05) is 31.2 Å². The number of ether oxygens (including phenoxy) is 1. The van der Waals surface area contributed by atoms with Crippen LogP contribution in [-0.4, -0.2) is 39.8 Å². The van der Waals surface area contributed by atoms with Gasteiger partial charge in [-0.3, -0.25) is 10.1 Å². The molecule has 0 aliphatic carbocycles. The van der Waals surface area contributed by atoms with Crippen molar-refractivity contribution in [2.45, 2.75) is 13.5 Å². The van der Waals surface area contributed by atoms with E-state index in [0.29, 0.717) is 41.4 Å². The molecule has 1 heterocycles. The number of aliphatic hydroxyl groups excluding tert-OH is 1. The van der Waals surface area contributed by atoms with Crippen molar-refractivity contribution in [1.82, 2.24) is 9.97 Å². The van der Waals surface area contributed by atoms with Crippen LogP contribution in [-0.2, 0) is 6.54 Å². The lowest BCUT2D eigenvalue weighted by Crippen LogP contribution is -2.05. The Morgan fingerprint density at radius 2 is 2.00 bits per heavy atom. The first-order valence-corrected chi connectivity index (χ1v) is 8.86. The van der Waals surface area contributed by atoms with E-state index in [-0.39, 0.29) is 18.9 Å². The maximum atomic E-state index is 11.2. The van der Waals surface area contributed by atoms with E-state index in [1.165, 1.54) is 6.07 Å². The van der Waals surface area contributed by atoms with Crippen molar-refractivity contribution in [3.05, 3.63) is 58.3 Å². The Hall–Kier alpha value is -3.46. The lowest BCUT2D eigenvalue weighted by molar-refractivity contribution is -0.383. The predicted molar refractivity (Wildman–Crippen MR) is 107 cm³/mol. The number of aliphatic hydroxyl groups is 1. The van der Waals surface area contributed by atoms with E-state index in [4.69, 9.17) is 9.84 Å². The fraction of sp³-hybridized carbons (Fsp3) is 0.263. The van der Waals surface area contributed by atoms with Crippen LogP contribution in [0.15, 0.2) is 42.6 Å². The Labute approximate surface area is 161 Å². The first-order chi connectivity index (χ1) is 13.6. The average Bonchev–Trinajstić information content (AvgIpc) is 2.71. The smallest absolute Gasteiger partial charge is 0.293 e. The van der Waals surface area contributed by atoms with Gasteiger partial charge in [-0.05, 0) is 30.7 Å². The minimum absolute atomic E-state index is 0.00201. The zero-order valence-electron chi connectivity index (χ0n) is 15.4. The third-order valence-corrected chi connectivity index (χ3v) is 4.00. The van der Waals surface area contributed by atoms with E-state index in [9.17, 15) is 10.1 Å². The Bertz CT molecular complexity index is 962. The second-order valence-electron chi connectivity index (χ2n) is 5.98. The van der Waals surface area contributed by atoms with E-state index < -0.39 is 4.92 Å². The van der Waals surface area contributed by atoms with Gasteiger partial charge in [0.2, 0.25) is 5.95 Å². The average molecular weight is 383 g/mol. The van der Waals surface area contributed by atoms with Crippen LogP contribution in [0.25, 0.3) is 10.9 Å². The molecule has 0 bridgehead atoms. The summed E-state index contributed by atoms with van der Waals surface area (Å²) in [7, 11) is 0. The standard InChI is InChI=1S/C19H21N5O4/c1-2-20-17-10-16-14(9-18(17)24(26)27)12-22-19(23-16)21-11-13-3-5-15(6-4-13)28-8-7-25/h3-6,9-10,12,20,25H,2,7-8,11H2,1H3,(H,21,22,23). The van der Waals surface area contributed by atoms with Crippen LogP contribution >= 0.6 is 0 Å². The Morgan fingerprint density at radius 1 is 1.21 bits per heavy atom. The van der Waals surface area contributed by atoms with Crippen molar-refractivity contribution in [1.29, 1.82) is 0 Å². The van der Waals surface area contributed by atoms with E-state index in [1.54, 1.807) is 12.3 Å². The third-order valence-electron chi connectivity index (χ3n) is 4.00. The first kappa shape index (κ1) is 19.3. The third kappa shape index (κ3) is 4.63. The highest BCUT2D eigenvalue weighted by molar-refractivity contribution is 5.87. The summed E-state index contributed by atoms with van der Waals surface area (Å²) in [4.78, 5) is 19.5. The maximum absolute atomic E-state index is 11.2. The van der Waals surface area contributed by atoms with Crippen LogP contribution in [0.2, 0.25) is 0 Å². The Morgan fingerprint density at radius 3 is 2.68 bits per heavy atom. The molecule has 0 aliphatic heterocycles. The number of nitrogens with one attached hydrogen (secondary N) is 2. The normalized spacial score (nSPS) is 10.6. The van der Waals surface area contributed by atoms with Crippen LogP contribution in [0.4, 0.5) is 17.3 Å². The zero-order chi connectivity index (χ0) is 19.9. The van der Waals surface area contributed by atoms with Crippen LogP contribution < -0.4 is 15.4 Å². The molecule has 0 fully saturated rings. The summed E-state index contributed by atoms with van der Waals surface area (Å²) in [5.41, 5.74) is 2.06. The van der Waals surface area contributed by atoms with Crippen LogP contribution in [0.5, 0.6) is 5.75 Å². The van der Waals surface area contributed by atoms with E-state index in [0.717, 1.165) is 5.56 Å². The molecule has 0 unspecified atom stereocenters. The molecule has 3 aromatic rings. The number of nitro groups is 1. The van der Waals surface area contributed by atoms with Crippen molar-refractivity contribution >= 4 is 28.2 Å². The number of benzene rings is 2. The van der Waals surface area contributed by atoms with Gasteiger partial charge >= 0.3 is 0 Å². The highest BCUT2D eigenvalue weighted by Crippen LogP contribution is 2.29. The summed E-state index contributed by atoms with van der Waals surface area (Å²) in [6.07, 6.45) is 1.57. The number of fused-ring (bicyclic) bond motifs is 1. The van der Waals surface area contributed by atoms with Gasteiger partial charge in [-0.2, -0.15) is 0 Å². The second kappa shape index (κ2) is 8.96.